The predicted octanol–water partition coefficient (Wildman–Crippen LogP) is 2.52. The molecule has 0 aromatic heterocycles. The molecule has 4 rings (SSSR count). The maximum Gasteiger partial charge on any atom is 0.326 e. The number of hydrogen-bond donors (Lipinski definition) is 1. The molecule has 3 amide bonds. The number of fused-ring (bicyclic) bond motifs is 1. The molecule has 7 heteroatoms. The minimum atomic E-state index is -0.695. The van der Waals surface area contributed by atoms with Gasteiger partial charge in [0.15, 0.2) is 11.5 Å². The van der Waals surface area contributed by atoms with Gasteiger partial charge in [0.2, 0.25) is 0 Å². The van der Waals surface area contributed by atoms with Crippen molar-refractivity contribution in [1.29, 1.82) is 0 Å². The van der Waals surface area contributed by atoms with Crippen LogP contribution in [0.5, 0.6) is 11.5 Å². The van der Waals surface area contributed by atoms with E-state index in [2.05, 4.69) is 17.1 Å². The Kier molecular flexibility index (Phi) is 4.95. The summed E-state index contributed by atoms with van der Waals surface area (Å²) in [4.78, 5) is 29.4. The molecule has 1 N–H and O–H groups in total. The van der Waals surface area contributed by atoms with E-state index in [0.717, 1.165) is 50.0 Å². The first-order chi connectivity index (χ1) is 13.5. The van der Waals surface area contributed by atoms with Crippen LogP contribution in [0.15, 0.2) is 12.1 Å². The van der Waals surface area contributed by atoms with Crippen molar-refractivity contribution in [2.45, 2.75) is 51.1 Å². The Morgan fingerprint density at radius 2 is 1.86 bits per heavy atom. The van der Waals surface area contributed by atoms with Crippen LogP contribution in [0.3, 0.4) is 0 Å². The van der Waals surface area contributed by atoms with Gasteiger partial charge in [-0.05, 0) is 48.4 Å². The van der Waals surface area contributed by atoms with Crippen LogP contribution in [0.2, 0.25) is 0 Å². The first-order valence-electron chi connectivity index (χ1n) is 10.1. The van der Waals surface area contributed by atoms with Gasteiger partial charge in [0.1, 0.15) is 5.54 Å². The maximum absolute atomic E-state index is 13.2. The van der Waals surface area contributed by atoms with E-state index in [1.54, 1.807) is 14.2 Å². The Morgan fingerprint density at radius 1 is 1.14 bits per heavy atom. The van der Waals surface area contributed by atoms with Crippen molar-refractivity contribution < 1.29 is 19.1 Å². The van der Waals surface area contributed by atoms with E-state index in [0.29, 0.717) is 19.0 Å². The molecule has 2 heterocycles. The zero-order valence-corrected chi connectivity index (χ0v) is 16.9. The number of hydrogen-bond acceptors (Lipinski definition) is 5. The summed E-state index contributed by atoms with van der Waals surface area (Å²) >= 11 is 0. The summed E-state index contributed by atoms with van der Waals surface area (Å²) in [5.74, 6) is 1.56. The molecule has 28 heavy (non-hydrogen) atoms. The summed E-state index contributed by atoms with van der Waals surface area (Å²) in [6, 6.07) is 3.77. The molecule has 0 radical (unpaired) electrons. The van der Waals surface area contributed by atoms with Gasteiger partial charge in [0.05, 0.1) is 20.9 Å². The molecular weight excluding hydrogens is 358 g/mol. The fourth-order valence-electron chi connectivity index (χ4n) is 4.89. The topological polar surface area (TPSA) is 71.1 Å². The SMILES string of the molecule is COc1cc2c(cc1OC)CN(CN1C(=O)N[C@@]3(CCCC[C@@H]3C)C1=O)CC2. The van der Waals surface area contributed by atoms with Crippen molar-refractivity contribution in [2.75, 3.05) is 27.4 Å². The number of nitrogens with one attached hydrogen (secondary N) is 1. The van der Waals surface area contributed by atoms with Crippen molar-refractivity contribution in [3.63, 3.8) is 0 Å². The highest BCUT2D eigenvalue weighted by Gasteiger charge is 2.55. The smallest absolute Gasteiger partial charge is 0.326 e. The number of nitrogens with zero attached hydrogens (tertiary/aromatic N) is 2. The molecule has 2 atom stereocenters. The zero-order chi connectivity index (χ0) is 19.9. The van der Waals surface area contributed by atoms with Crippen molar-refractivity contribution >= 4 is 11.9 Å². The molecule has 7 nitrogen and oxygen atoms in total. The Morgan fingerprint density at radius 3 is 2.54 bits per heavy atom. The number of carbonyl (C=O) groups excluding carboxylic acids is 2. The Bertz CT molecular complexity index is 796. The molecular formula is C21H29N3O4. The van der Waals surface area contributed by atoms with Gasteiger partial charge in [0, 0.05) is 13.1 Å². The molecule has 2 aliphatic heterocycles. The number of benzene rings is 1. The fourth-order valence-corrected chi connectivity index (χ4v) is 4.89. The lowest BCUT2D eigenvalue weighted by Crippen LogP contribution is -2.54. The van der Waals surface area contributed by atoms with Gasteiger partial charge in [-0.1, -0.05) is 19.8 Å². The van der Waals surface area contributed by atoms with Crippen molar-refractivity contribution in [2.24, 2.45) is 5.92 Å². The quantitative estimate of drug-likeness (QED) is 0.804. The number of rotatable bonds is 4. The highest BCUT2D eigenvalue weighted by molar-refractivity contribution is 6.07. The molecule has 1 saturated carbocycles. The normalized spacial score (nSPS) is 27.7. The number of amides is 3. The number of urea groups is 1. The Labute approximate surface area is 166 Å². The van der Waals surface area contributed by atoms with Crippen LogP contribution in [0.25, 0.3) is 0 Å². The first kappa shape index (κ1) is 19.1. The molecule has 1 aliphatic carbocycles. The second kappa shape index (κ2) is 7.28. The zero-order valence-electron chi connectivity index (χ0n) is 16.9. The van der Waals surface area contributed by atoms with Gasteiger partial charge in [-0.3, -0.25) is 9.69 Å². The average Bonchev–Trinajstić information content (AvgIpc) is 2.94. The number of carbonyl (C=O) groups is 2. The van der Waals surface area contributed by atoms with Gasteiger partial charge in [-0.15, -0.1) is 0 Å². The van der Waals surface area contributed by atoms with Gasteiger partial charge in [0.25, 0.3) is 5.91 Å². The van der Waals surface area contributed by atoms with Crippen molar-refractivity contribution in [1.82, 2.24) is 15.1 Å². The third-order valence-corrected chi connectivity index (χ3v) is 6.64. The molecule has 2 fully saturated rings. The number of imide groups is 1. The van der Waals surface area contributed by atoms with E-state index in [1.807, 2.05) is 12.1 Å². The lowest BCUT2D eigenvalue weighted by atomic mass is 9.73. The highest BCUT2D eigenvalue weighted by Crippen LogP contribution is 2.39. The van der Waals surface area contributed by atoms with Gasteiger partial charge in [-0.2, -0.15) is 0 Å². The second-order valence-corrected chi connectivity index (χ2v) is 8.20. The van der Waals surface area contributed by atoms with E-state index in [4.69, 9.17) is 9.47 Å². The molecule has 1 aromatic rings. The summed E-state index contributed by atoms with van der Waals surface area (Å²) in [6.07, 6.45) is 4.69. The van der Waals surface area contributed by atoms with Crippen LogP contribution in [0.1, 0.15) is 43.7 Å². The third-order valence-electron chi connectivity index (χ3n) is 6.64. The van der Waals surface area contributed by atoms with E-state index < -0.39 is 5.54 Å². The number of methoxy groups -OCH3 is 2. The van der Waals surface area contributed by atoms with Crippen LogP contribution in [-0.4, -0.2) is 54.7 Å². The summed E-state index contributed by atoms with van der Waals surface area (Å²) < 4.78 is 10.8. The van der Waals surface area contributed by atoms with Crippen molar-refractivity contribution in [3.8, 4) is 11.5 Å². The lowest BCUT2D eigenvalue weighted by Gasteiger charge is -2.37. The summed E-state index contributed by atoms with van der Waals surface area (Å²) in [5, 5.41) is 3.04. The minimum Gasteiger partial charge on any atom is -0.493 e. The maximum atomic E-state index is 13.2. The molecule has 1 aromatic carbocycles. The summed E-state index contributed by atoms with van der Waals surface area (Å²) in [7, 11) is 3.27. The fraction of sp³-hybridized carbons (Fsp3) is 0.619. The molecule has 3 aliphatic rings. The van der Waals surface area contributed by atoms with Gasteiger partial charge in [-0.25, -0.2) is 9.69 Å². The first-order valence-corrected chi connectivity index (χ1v) is 10.1. The van der Waals surface area contributed by atoms with Gasteiger partial charge >= 0.3 is 6.03 Å². The highest BCUT2D eigenvalue weighted by atomic mass is 16.5. The standard InChI is InChI=1S/C21H29N3O4/c1-14-6-4-5-8-21(14)19(25)24(20(26)22-21)13-23-9-7-15-10-17(27-2)18(28-3)11-16(15)12-23/h10-11,14H,4-9,12-13H2,1-3H3,(H,22,26)/t14-,21+/m0/s1. The Hall–Kier alpha value is -2.28. The van der Waals surface area contributed by atoms with E-state index >= 15 is 0 Å². The Balaban J connectivity index is 1.50. The van der Waals surface area contributed by atoms with Crippen LogP contribution < -0.4 is 14.8 Å². The van der Waals surface area contributed by atoms with E-state index in [9.17, 15) is 9.59 Å². The molecule has 1 spiro atoms. The largest absolute Gasteiger partial charge is 0.493 e. The predicted molar refractivity (Wildman–Crippen MR) is 104 cm³/mol. The summed E-state index contributed by atoms with van der Waals surface area (Å²) in [5.41, 5.74) is 1.68. The monoisotopic (exact) mass is 387 g/mol. The molecule has 152 valence electrons. The number of ether oxygens (including phenoxy) is 2. The second-order valence-electron chi connectivity index (χ2n) is 8.20. The molecule has 0 bridgehead atoms. The van der Waals surface area contributed by atoms with Crippen LogP contribution in [0.4, 0.5) is 4.79 Å². The van der Waals surface area contributed by atoms with Crippen LogP contribution in [0, 0.1) is 5.92 Å². The van der Waals surface area contributed by atoms with E-state index in [-0.39, 0.29) is 17.9 Å². The third kappa shape index (κ3) is 3.02. The van der Waals surface area contributed by atoms with Crippen LogP contribution in [-0.2, 0) is 17.8 Å². The average molecular weight is 387 g/mol. The van der Waals surface area contributed by atoms with Gasteiger partial charge < -0.3 is 14.8 Å². The van der Waals surface area contributed by atoms with Crippen LogP contribution >= 0.6 is 0 Å². The minimum absolute atomic E-state index is 0.0530. The van der Waals surface area contributed by atoms with E-state index in [1.165, 1.54) is 10.5 Å². The molecule has 0 unspecified atom stereocenters. The summed E-state index contributed by atoms with van der Waals surface area (Å²) in [6.45, 7) is 3.88. The van der Waals surface area contributed by atoms with Crippen molar-refractivity contribution in [3.05, 3.63) is 23.3 Å². The lowest BCUT2D eigenvalue weighted by molar-refractivity contribution is -0.135. The molecule has 1 saturated heterocycles.